The second-order valence-corrected chi connectivity index (χ2v) is 8.36. The van der Waals surface area contributed by atoms with Crippen molar-refractivity contribution in [2.24, 2.45) is 11.1 Å². The second-order valence-electron chi connectivity index (χ2n) is 6.45. The highest BCUT2D eigenvalue weighted by atomic mass is 35.5. The lowest BCUT2D eigenvalue weighted by Crippen LogP contribution is -2.53. The minimum Gasteiger partial charge on any atom is -0.327 e. The molecule has 0 spiro atoms. The zero-order valence-electron chi connectivity index (χ0n) is 13.4. The van der Waals surface area contributed by atoms with Crippen LogP contribution in [0.1, 0.15) is 25.8 Å². The summed E-state index contributed by atoms with van der Waals surface area (Å²) >= 11 is 0. The van der Waals surface area contributed by atoms with Gasteiger partial charge in [-0.1, -0.05) is 19.9 Å². The van der Waals surface area contributed by atoms with Crippen LogP contribution >= 0.6 is 12.4 Å². The predicted octanol–water partition coefficient (Wildman–Crippen LogP) is 2.07. The van der Waals surface area contributed by atoms with E-state index in [1.165, 1.54) is 16.4 Å². The lowest BCUT2D eigenvalue weighted by molar-refractivity contribution is -0.387. The van der Waals surface area contributed by atoms with Crippen LogP contribution in [0.25, 0.3) is 0 Å². The number of rotatable bonds is 3. The van der Waals surface area contributed by atoms with Gasteiger partial charge in [0.15, 0.2) is 4.90 Å². The topological polar surface area (TPSA) is 107 Å². The lowest BCUT2D eigenvalue weighted by Gasteiger charge is -2.41. The van der Waals surface area contributed by atoms with Crippen molar-refractivity contribution in [3.63, 3.8) is 0 Å². The van der Waals surface area contributed by atoms with Gasteiger partial charge < -0.3 is 5.73 Å². The van der Waals surface area contributed by atoms with Gasteiger partial charge in [-0.15, -0.1) is 12.4 Å². The molecule has 0 aromatic heterocycles. The molecule has 130 valence electrons. The Morgan fingerprint density at radius 2 is 2.00 bits per heavy atom. The molecule has 1 aliphatic rings. The largest absolute Gasteiger partial charge is 0.327 e. The van der Waals surface area contributed by atoms with Gasteiger partial charge in [-0.2, -0.15) is 4.31 Å². The molecular formula is C14H22ClN3O4S. The quantitative estimate of drug-likeness (QED) is 0.653. The first kappa shape index (κ1) is 19.8. The molecule has 0 bridgehead atoms. The van der Waals surface area contributed by atoms with Crippen molar-refractivity contribution in [1.29, 1.82) is 0 Å². The molecule has 23 heavy (non-hydrogen) atoms. The number of halogens is 1. The summed E-state index contributed by atoms with van der Waals surface area (Å²) in [6, 6.07) is 4.07. The van der Waals surface area contributed by atoms with Crippen LogP contribution in [-0.2, 0) is 10.0 Å². The zero-order valence-corrected chi connectivity index (χ0v) is 15.0. The Bertz CT molecular complexity index is 706. The number of hydrogen-bond acceptors (Lipinski definition) is 5. The highest BCUT2D eigenvalue weighted by Crippen LogP contribution is 2.34. The summed E-state index contributed by atoms with van der Waals surface area (Å²) in [6.45, 7) is 6.03. The fraction of sp³-hybridized carbons (Fsp3) is 0.571. The van der Waals surface area contributed by atoms with E-state index < -0.39 is 14.9 Å². The van der Waals surface area contributed by atoms with Crippen molar-refractivity contribution in [2.45, 2.75) is 38.1 Å². The van der Waals surface area contributed by atoms with Gasteiger partial charge in [0, 0.05) is 25.2 Å². The number of aryl methyl sites for hydroxylation is 1. The third kappa shape index (κ3) is 3.82. The van der Waals surface area contributed by atoms with Crippen LogP contribution < -0.4 is 5.73 Å². The number of sulfonamides is 1. The Morgan fingerprint density at radius 1 is 1.39 bits per heavy atom. The zero-order chi connectivity index (χ0) is 16.7. The molecule has 0 saturated carbocycles. The number of nitrogens with two attached hydrogens (primary N) is 1. The van der Waals surface area contributed by atoms with Gasteiger partial charge in [0.1, 0.15) is 0 Å². The summed E-state index contributed by atoms with van der Waals surface area (Å²) in [4.78, 5) is 10.3. The Balaban J connectivity index is 0.00000264. The summed E-state index contributed by atoms with van der Waals surface area (Å²) in [5.41, 5.74) is 5.92. The van der Waals surface area contributed by atoms with Gasteiger partial charge >= 0.3 is 0 Å². The predicted molar refractivity (Wildman–Crippen MR) is 90.2 cm³/mol. The first-order valence-corrected chi connectivity index (χ1v) is 8.50. The molecule has 1 atom stereocenters. The highest BCUT2D eigenvalue weighted by molar-refractivity contribution is 7.89. The van der Waals surface area contributed by atoms with Crippen LogP contribution in [-0.4, -0.2) is 36.8 Å². The molecule has 1 aromatic rings. The standard InChI is InChI=1S/C14H21N3O4S.ClH/c1-10-4-5-12(11(8-10)17(18)19)22(20,21)16-7-6-13(15)14(2,3)9-16;/h4-5,8,13H,6-7,9,15H2,1-3H3;1H. The molecule has 1 saturated heterocycles. The number of nitro benzene ring substituents is 1. The summed E-state index contributed by atoms with van der Waals surface area (Å²) in [5.74, 6) is 0. The van der Waals surface area contributed by atoms with E-state index in [0.717, 1.165) is 0 Å². The Hall–Kier alpha value is -1.22. The van der Waals surface area contributed by atoms with Gasteiger partial charge in [-0.3, -0.25) is 10.1 Å². The van der Waals surface area contributed by atoms with Crippen LogP contribution in [0.4, 0.5) is 5.69 Å². The van der Waals surface area contributed by atoms with Gasteiger partial charge in [0.2, 0.25) is 10.0 Å². The minimum atomic E-state index is -3.91. The van der Waals surface area contributed by atoms with E-state index in [0.29, 0.717) is 12.0 Å². The monoisotopic (exact) mass is 363 g/mol. The average Bonchev–Trinajstić information content (AvgIpc) is 2.41. The molecule has 2 rings (SSSR count). The van der Waals surface area contributed by atoms with E-state index >= 15 is 0 Å². The van der Waals surface area contributed by atoms with Crippen molar-refractivity contribution in [3.8, 4) is 0 Å². The summed E-state index contributed by atoms with van der Waals surface area (Å²) in [6.07, 6.45) is 0.534. The molecule has 1 aliphatic heterocycles. The molecule has 0 aliphatic carbocycles. The van der Waals surface area contributed by atoms with E-state index in [9.17, 15) is 18.5 Å². The van der Waals surface area contributed by atoms with E-state index in [-0.39, 0.29) is 47.5 Å². The second kappa shape index (κ2) is 6.72. The van der Waals surface area contributed by atoms with Crippen molar-refractivity contribution in [3.05, 3.63) is 33.9 Å². The third-order valence-corrected chi connectivity index (χ3v) is 6.10. The van der Waals surface area contributed by atoms with E-state index in [2.05, 4.69) is 0 Å². The highest BCUT2D eigenvalue weighted by Gasteiger charge is 2.40. The number of benzene rings is 1. The molecule has 0 radical (unpaired) electrons. The number of nitro groups is 1. The van der Waals surface area contributed by atoms with Gasteiger partial charge in [0.25, 0.3) is 5.69 Å². The summed E-state index contributed by atoms with van der Waals surface area (Å²) in [7, 11) is -3.91. The molecule has 1 heterocycles. The molecular weight excluding hydrogens is 342 g/mol. The maximum Gasteiger partial charge on any atom is 0.289 e. The third-order valence-electron chi connectivity index (χ3n) is 4.21. The Kier molecular flexibility index (Phi) is 5.79. The number of nitrogens with zero attached hydrogens (tertiary/aromatic N) is 2. The fourth-order valence-electron chi connectivity index (χ4n) is 2.66. The van der Waals surface area contributed by atoms with Gasteiger partial charge in [-0.25, -0.2) is 8.42 Å². The average molecular weight is 364 g/mol. The number of piperidine rings is 1. The fourth-order valence-corrected chi connectivity index (χ4v) is 4.42. The van der Waals surface area contributed by atoms with Crippen LogP contribution in [0, 0.1) is 22.5 Å². The van der Waals surface area contributed by atoms with E-state index in [1.807, 2.05) is 13.8 Å². The molecule has 0 amide bonds. The van der Waals surface area contributed by atoms with E-state index in [4.69, 9.17) is 5.73 Å². The molecule has 7 nitrogen and oxygen atoms in total. The first-order valence-electron chi connectivity index (χ1n) is 7.06. The maximum absolute atomic E-state index is 12.8. The van der Waals surface area contributed by atoms with Crippen LogP contribution in [0.15, 0.2) is 23.1 Å². The molecule has 2 N–H and O–H groups in total. The summed E-state index contributed by atoms with van der Waals surface area (Å²) in [5, 5.41) is 11.2. The van der Waals surface area contributed by atoms with Crippen LogP contribution in [0.5, 0.6) is 0 Å². The smallest absolute Gasteiger partial charge is 0.289 e. The molecule has 1 fully saturated rings. The van der Waals surface area contributed by atoms with Crippen LogP contribution in [0.2, 0.25) is 0 Å². The molecule has 1 aromatic carbocycles. The minimum absolute atomic E-state index is 0. The normalized spacial score (nSPS) is 21.5. The van der Waals surface area contributed by atoms with Gasteiger partial charge in [-0.05, 0) is 30.4 Å². The maximum atomic E-state index is 12.8. The SMILES string of the molecule is Cc1ccc(S(=O)(=O)N2CCC(N)C(C)(C)C2)c([N+](=O)[O-])c1.Cl. The van der Waals surface area contributed by atoms with Gasteiger partial charge in [0.05, 0.1) is 4.92 Å². The van der Waals surface area contributed by atoms with Crippen molar-refractivity contribution in [2.75, 3.05) is 13.1 Å². The Morgan fingerprint density at radius 3 is 2.52 bits per heavy atom. The Labute approximate surface area is 142 Å². The number of hydrogen-bond donors (Lipinski definition) is 1. The van der Waals surface area contributed by atoms with Crippen molar-refractivity contribution in [1.82, 2.24) is 4.31 Å². The van der Waals surface area contributed by atoms with Crippen molar-refractivity contribution < 1.29 is 13.3 Å². The van der Waals surface area contributed by atoms with Crippen LogP contribution in [0.3, 0.4) is 0 Å². The molecule has 9 heteroatoms. The van der Waals surface area contributed by atoms with E-state index in [1.54, 1.807) is 13.0 Å². The first-order chi connectivity index (χ1) is 10.1. The molecule has 1 unspecified atom stereocenters. The van der Waals surface area contributed by atoms with Crippen molar-refractivity contribution >= 4 is 28.1 Å². The lowest BCUT2D eigenvalue weighted by atomic mass is 9.81. The summed E-state index contributed by atoms with van der Waals surface area (Å²) < 4.78 is 26.9.